The fraction of sp³-hybridized carbons (Fsp3) is 0.417. The summed E-state index contributed by atoms with van der Waals surface area (Å²) in [6.07, 6.45) is 2.32. The molecule has 0 aliphatic carbocycles. The maximum Gasteiger partial charge on any atom is 0.251 e. The molecule has 1 fully saturated rings. The normalized spacial score (nSPS) is 18.2. The highest BCUT2D eigenvalue weighted by atomic mass is 79.9. The number of amides is 1. The molecule has 1 atom stereocenters. The predicted molar refractivity (Wildman–Crippen MR) is 79.8 cm³/mol. The van der Waals surface area contributed by atoms with Gasteiger partial charge in [-0.2, -0.15) is 0 Å². The second kappa shape index (κ2) is 7.34. The van der Waals surface area contributed by atoms with Crippen LogP contribution in [0, 0.1) is 0 Å². The number of benzene rings is 1. The quantitative estimate of drug-likeness (QED) is 0.876. The largest absolute Gasteiger partial charge is 0.350 e. The summed E-state index contributed by atoms with van der Waals surface area (Å²) in [5.74, 6) is -0.0592. The lowest BCUT2D eigenvalue weighted by molar-refractivity contribution is 0.0950. The van der Waals surface area contributed by atoms with Crippen LogP contribution in [0.15, 0.2) is 22.7 Å². The van der Waals surface area contributed by atoms with E-state index in [1.165, 1.54) is 6.42 Å². The van der Waals surface area contributed by atoms with Crippen molar-refractivity contribution >= 4 is 45.8 Å². The third-order valence-corrected chi connectivity index (χ3v) is 4.07. The van der Waals surface area contributed by atoms with Crippen molar-refractivity contribution in [3.63, 3.8) is 0 Å². The Labute approximate surface area is 126 Å². The molecule has 3 nitrogen and oxygen atoms in total. The molecule has 0 saturated carbocycles. The average Bonchev–Trinajstić information content (AvgIpc) is 2.82. The molecule has 6 heteroatoms. The molecule has 1 amide bonds. The molecule has 2 rings (SSSR count). The van der Waals surface area contributed by atoms with Gasteiger partial charge in [-0.05, 0) is 53.5 Å². The maximum absolute atomic E-state index is 11.9. The molecule has 0 bridgehead atoms. The third-order valence-electron chi connectivity index (χ3n) is 2.85. The van der Waals surface area contributed by atoms with Gasteiger partial charge in [0.2, 0.25) is 0 Å². The van der Waals surface area contributed by atoms with Crippen LogP contribution in [0.1, 0.15) is 23.2 Å². The Morgan fingerprint density at radius 3 is 2.94 bits per heavy atom. The molecule has 0 radical (unpaired) electrons. The SMILES string of the molecule is Cl.O=C(NCC1CCCN1)c1ccc(Cl)c(Br)c1. The van der Waals surface area contributed by atoms with Crippen molar-refractivity contribution in [2.45, 2.75) is 18.9 Å². The van der Waals surface area contributed by atoms with Gasteiger partial charge in [-0.15, -0.1) is 12.4 Å². The van der Waals surface area contributed by atoms with Crippen molar-refractivity contribution in [2.75, 3.05) is 13.1 Å². The van der Waals surface area contributed by atoms with Crippen LogP contribution in [0.3, 0.4) is 0 Å². The van der Waals surface area contributed by atoms with E-state index in [9.17, 15) is 4.79 Å². The van der Waals surface area contributed by atoms with Gasteiger partial charge in [-0.3, -0.25) is 4.79 Å². The van der Waals surface area contributed by atoms with Crippen LogP contribution >= 0.6 is 39.9 Å². The van der Waals surface area contributed by atoms with Crippen molar-refractivity contribution in [2.24, 2.45) is 0 Å². The predicted octanol–water partition coefficient (Wildman–Crippen LogP) is 3.01. The minimum absolute atomic E-state index is 0. The lowest BCUT2D eigenvalue weighted by atomic mass is 10.2. The summed E-state index contributed by atoms with van der Waals surface area (Å²) in [5, 5.41) is 6.87. The fourth-order valence-corrected chi connectivity index (χ4v) is 2.38. The molecule has 1 aromatic rings. The maximum atomic E-state index is 11.9. The first-order valence-corrected chi connectivity index (χ1v) is 6.80. The van der Waals surface area contributed by atoms with E-state index in [-0.39, 0.29) is 18.3 Å². The van der Waals surface area contributed by atoms with Gasteiger partial charge in [0.1, 0.15) is 0 Å². The van der Waals surface area contributed by atoms with E-state index in [2.05, 4.69) is 26.6 Å². The average molecular weight is 354 g/mol. The Balaban J connectivity index is 0.00000162. The molecule has 1 heterocycles. The van der Waals surface area contributed by atoms with Crippen LogP contribution in [0.25, 0.3) is 0 Å². The molecular weight excluding hydrogens is 339 g/mol. The zero-order valence-electron chi connectivity index (χ0n) is 9.71. The summed E-state index contributed by atoms with van der Waals surface area (Å²) in [6.45, 7) is 1.73. The molecule has 1 saturated heterocycles. The first kappa shape index (κ1) is 15.8. The second-order valence-electron chi connectivity index (χ2n) is 4.13. The van der Waals surface area contributed by atoms with Crippen molar-refractivity contribution in [1.82, 2.24) is 10.6 Å². The van der Waals surface area contributed by atoms with E-state index in [1.54, 1.807) is 18.2 Å². The van der Waals surface area contributed by atoms with Gasteiger partial charge in [-0.25, -0.2) is 0 Å². The Hall–Kier alpha value is -0.290. The zero-order chi connectivity index (χ0) is 12.3. The lowest BCUT2D eigenvalue weighted by Crippen LogP contribution is -2.37. The standard InChI is InChI=1S/C12H14BrClN2O.ClH/c13-10-6-8(3-4-11(10)14)12(17)16-7-9-2-1-5-15-9;/h3-4,6,9,15H,1-2,5,7H2,(H,16,17);1H. The topological polar surface area (TPSA) is 41.1 Å². The summed E-state index contributed by atoms with van der Waals surface area (Å²) < 4.78 is 0.741. The van der Waals surface area contributed by atoms with Crippen LogP contribution in [0.4, 0.5) is 0 Å². The Morgan fingerprint density at radius 1 is 1.56 bits per heavy atom. The molecule has 2 N–H and O–H groups in total. The Bertz CT molecular complexity index is 423. The lowest BCUT2D eigenvalue weighted by Gasteiger charge is -2.11. The molecule has 1 aliphatic rings. The van der Waals surface area contributed by atoms with Crippen LogP contribution in [0.5, 0.6) is 0 Å². The number of hydrogen-bond donors (Lipinski definition) is 2. The van der Waals surface area contributed by atoms with E-state index in [0.29, 0.717) is 23.2 Å². The van der Waals surface area contributed by atoms with Gasteiger partial charge in [0.05, 0.1) is 5.02 Å². The van der Waals surface area contributed by atoms with Crippen LogP contribution in [0.2, 0.25) is 5.02 Å². The monoisotopic (exact) mass is 352 g/mol. The van der Waals surface area contributed by atoms with E-state index < -0.39 is 0 Å². The third kappa shape index (κ3) is 4.12. The highest BCUT2D eigenvalue weighted by Crippen LogP contribution is 2.23. The number of hydrogen-bond acceptors (Lipinski definition) is 2. The van der Waals surface area contributed by atoms with E-state index >= 15 is 0 Å². The molecular formula is C12H15BrCl2N2O. The van der Waals surface area contributed by atoms with Crippen molar-refractivity contribution in [1.29, 1.82) is 0 Å². The minimum atomic E-state index is -0.0592. The highest BCUT2D eigenvalue weighted by Gasteiger charge is 2.15. The number of rotatable bonds is 3. The van der Waals surface area contributed by atoms with Gasteiger partial charge in [0.15, 0.2) is 0 Å². The zero-order valence-corrected chi connectivity index (χ0v) is 12.9. The number of halogens is 3. The van der Waals surface area contributed by atoms with Gasteiger partial charge in [0.25, 0.3) is 5.91 Å². The van der Waals surface area contributed by atoms with E-state index in [4.69, 9.17) is 11.6 Å². The first-order chi connectivity index (χ1) is 8.16. The molecule has 0 spiro atoms. The molecule has 1 aromatic carbocycles. The summed E-state index contributed by atoms with van der Waals surface area (Å²) in [7, 11) is 0. The van der Waals surface area contributed by atoms with Gasteiger partial charge < -0.3 is 10.6 Å². The molecule has 100 valence electrons. The summed E-state index contributed by atoms with van der Waals surface area (Å²) in [5.41, 5.74) is 0.624. The number of carbonyl (C=O) groups excluding carboxylic acids is 1. The van der Waals surface area contributed by atoms with Crippen LogP contribution in [-0.4, -0.2) is 25.0 Å². The second-order valence-corrected chi connectivity index (χ2v) is 5.39. The van der Waals surface area contributed by atoms with Crippen LogP contribution in [-0.2, 0) is 0 Å². The molecule has 0 aromatic heterocycles. The summed E-state index contributed by atoms with van der Waals surface area (Å²) >= 11 is 9.18. The van der Waals surface area contributed by atoms with Crippen molar-refractivity contribution < 1.29 is 4.79 Å². The number of nitrogens with one attached hydrogen (secondary N) is 2. The van der Waals surface area contributed by atoms with Crippen LogP contribution < -0.4 is 10.6 Å². The van der Waals surface area contributed by atoms with Crippen molar-refractivity contribution in [3.8, 4) is 0 Å². The van der Waals surface area contributed by atoms with Crippen molar-refractivity contribution in [3.05, 3.63) is 33.3 Å². The van der Waals surface area contributed by atoms with E-state index in [0.717, 1.165) is 17.4 Å². The smallest absolute Gasteiger partial charge is 0.251 e. The Kier molecular flexibility index (Phi) is 6.43. The minimum Gasteiger partial charge on any atom is -0.350 e. The molecule has 1 unspecified atom stereocenters. The fourth-order valence-electron chi connectivity index (χ4n) is 1.89. The molecule has 18 heavy (non-hydrogen) atoms. The van der Waals surface area contributed by atoms with E-state index in [1.807, 2.05) is 0 Å². The molecule has 1 aliphatic heterocycles. The number of carbonyl (C=O) groups is 1. The van der Waals surface area contributed by atoms with Gasteiger partial charge in [-0.1, -0.05) is 11.6 Å². The summed E-state index contributed by atoms with van der Waals surface area (Å²) in [6, 6.07) is 5.59. The summed E-state index contributed by atoms with van der Waals surface area (Å²) in [4.78, 5) is 11.9. The van der Waals surface area contributed by atoms with Gasteiger partial charge >= 0.3 is 0 Å². The Morgan fingerprint density at radius 2 is 2.33 bits per heavy atom. The van der Waals surface area contributed by atoms with Gasteiger partial charge in [0, 0.05) is 22.6 Å². The first-order valence-electron chi connectivity index (χ1n) is 5.63. The highest BCUT2D eigenvalue weighted by molar-refractivity contribution is 9.10.